The molecule has 14 heteroatoms. The second-order valence-corrected chi connectivity index (χ2v) is 6.26. The highest BCUT2D eigenvalue weighted by Gasteiger charge is 2.37. The van der Waals surface area contributed by atoms with E-state index in [1.54, 1.807) is 0 Å². The van der Waals surface area contributed by atoms with Crippen LogP contribution in [-0.4, -0.2) is 35.8 Å². The molecule has 2 heterocycles. The Morgan fingerprint density at radius 3 is 2.03 bits per heavy atom. The van der Waals surface area contributed by atoms with Crippen molar-refractivity contribution in [3.8, 4) is 11.4 Å². The van der Waals surface area contributed by atoms with E-state index in [9.17, 15) is 36.2 Å². The summed E-state index contributed by atoms with van der Waals surface area (Å²) in [5.41, 5.74) is -4.10. The van der Waals surface area contributed by atoms with Crippen molar-refractivity contribution in [1.82, 2.24) is 24.7 Å². The van der Waals surface area contributed by atoms with Crippen LogP contribution in [0.5, 0.6) is 0 Å². The van der Waals surface area contributed by atoms with Gasteiger partial charge in [-0.3, -0.25) is 0 Å². The van der Waals surface area contributed by atoms with Crippen molar-refractivity contribution < 1.29 is 36.2 Å². The van der Waals surface area contributed by atoms with E-state index in [1.165, 1.54) is 12.4 Å². The van der Waals surface area contributed by atoms with Crippen molar-refractivity contribution in [3.63, 3.8) is 0 Å². The molecule has 0 aliphatic heterocycles. The first-order chi connectivity index (χ1) is 14.4. The Labute approximate surface area is 173 Å². The van der Waals surface area contributed by atoms with Gasteiger partial charge in [-0.05, 0) is 29.8 Å². The van der Waals surface area contributed by atoms with Gasteiger partial charge in [0.1, 0.15) is 6.33 Å². The third-order valence-electron chi connectivity index (χ3n) is 3.79. The molecular weight excluding hydrogens is 456 g/mol. The lowest BCUT2D eigenvalue weighted by Gasteiger charge is -2.13. The molecule has 0 spiro atoms. The molecule has 0 aliphatic carbocycles. The molecular formula is C17H8ClF6N5O2. The Balaban J connectivity index is 2.13. The van der Waals surface area contributed by atoms with Crippen molar-refractivity contribution in [2.45, 2.75) is 12.4 Å². The van der Waals surface area contributed by atoms with Crippen LogP contribution >= 0.6 is 11.6 Å². The summed E-state index contributed by atoms with van der Waals surface area (Å²) < 4.78 is 79.0. The number of benzene rings is 1. The van der Waals surface area contributed by atoms with Crippen LogP contribution in [0.3, 0.4) is 0 Å². The molecule has 0 bridgehead atoms. The van der Waals surface area contributed by atoms with E-state index in [0.717, 1.165) is 12.5 Å². The minimum absolute atomic E-state index is 0.0417. The van der Waals surface area contributed by atoms with Gasteiger partial charge >= 0.3 is 18.3 Å². The molecule has 31 heavy (non-hydrogen) atoms. The van der Waals surface area contributed by atoms with E-state index in [4.69, 9.17) is 11.6 Å². The summed E-state index contributed by atoms with van der Waals surface area (Å²) in [5, 5.41) is 12.6. The summed E-state index contributed by atoms with van der Waals surface area (Å²) in [6, 6.07) is 0.816. The highest BCUT2D eigenvalue weighted by atomic mass is 35.5. The summed E-state index contributed by atoms with van der Waals surface area (Å²) in [4.78, 5) is 22.5. The van der Waals surface area contributed by atoms with Gasteiger partial charge in [-0.15, -0.1) is 5.10 Å². The summed E-state index contributed by atoms with van der Waals surface area (Å²) in [6.45, 7) is 0. The number of hydrogen-bond donors (Lipinski definition) is 1. The Morgan fingerprint density at radius 2 is 1.55 bits per heavy atom. The topological polar surface area (TPSA) is 93.8 Å². The fraction of sp³-hybridized carbons (Fsp3) is 0.118. The lowest BCUT2D eigenvalue weighted by Crippen LogP contribution is -2.11. The van der Waals surface area contributed by atoms with E-state index in [1.807, 2.05) is 0 Å². The molecule has 1 N–H and O–H groups in total. The van der Waals surface area contributed by atoms with Crippen molar-refractivity contribution in [3.05, 3.63) is 58.9 Å². The zero-order chi connectivity index (χ0) is 23.0. The van der Waals surface area contributed by atoms with Crippen LogP contribution in [-0.2, 0) is 17.1 Å². The molecule has 0 atom stereocenters. The summed E-state index contributed by atoms with van der Waals surface area (Å²) in [6.07, 6.45) is -5.77. The van der Waals surface area contributed by atoms with Gasteiger partial charge in [-0.25, -0.2) is 19.4 Å². The van der Waals surface area contributed by atoms with Crippen molar-refractivity contribution >= 4 is 29.3 Å². The maximum Gasteiger partial charge on any atom is 0.416 e. The first kappa shape index (κ1) is 22.2. The number of carbonyl (C=O) groups is 1. The number of carboxylic acid groups (broad SMARTS) is 1. The van der Waals surface area contributed by atoms with E-state index in [0.29, 0.717) is 16.8 Å². The standard InChI is InChI=1S/C17H8ClF6N5O2/c18-15-27-13(8-1-10(16(19,20)21)3-11(2-8)17(22,23)24)28-29(15)6-12(14(30)31)9-4-25-7-26-5-9/h1-7H,(H,30,31)/b12-6+. The molecule has 0 amide bonds. The highest BCUT2D eigenvalue weighted by molar-refractivity contribution is 6.29. The van der Waals surface area contributed by atoms with Crippen LogP contribution in [0.4, 0.5) is 26.3 Å². The average molecular weight is 464 g/mol. The van der Waals surface area contributed by atoms with Crippen LogP contribution in [0.1, 0.15) is 16.7 Å². The van der Waals surface area contributed by atoms with Crippen LogP contribution in [0, 0.1) is 0 Å². The number of aliphatic carboxylic acids is 1. The van der Waals surface area contributed by atoms with E-state index >= 15 is 0 Å². The summed E-state index contributed by atoms with van der Waals surface area (Å²) in [7, 11) is 0. The second-order valence-electron chi connectivity index (χ2n) is 5.92. The minimum atomic E-state index is -5.06. The maximum absolute atomic E-state index is 13.1. The number of aromatic nitrogens is 5. The van der Waals surface area contributed by atoms with Crippen molar-refractivity contribution in [1.29, 1.82) is 0 Å². The molecule has 3 aromatic rings. The fourth-order valence-corrected chi connectivity index (χ4v) is 2.57. The van der Waals surface area contributed by atoms with Crippen LogP contribution < -0.4 is 0 Å². The molecule has 7 nitrogen and oxygen atoms in total. The van der Waals surface area contributed by atoms with Crippen molar-refractivity contribution in [2.75, 3.05) is 0 Å². The lowest BCUT2D eigenvalue weighted by atomic mass is 10.0. The predicted molar refractivity (Wildman–Crippen MR) is 94.3 cm³/mol. The summed E-state index contributed by atoms with van der Waals surface area (Å²) >= 11 is 5.87. The SMILES string of the molecule is O=C(O)/C(=C/n1nc(-c2cc(C(F)(F)F)cc(C(F)(F)F)c2)nc1Cl)c1cncnc1. The Kier molecular flexibility index (Phi) is 5.72. The molecule has 0 unspecified atom stereocenters. The van der Waals surface area contributed by atoms with E-state index in [2.05, 4.69) is 20.1 Å². The lowest BCUT2D eigenvalue weighted by molar-refractivity contribution is -0.143. The number of halogens is 7. The Hall–Kier alpha value is -3.48. The van der Waals surface area contributed by atoms with Gasteiger partial charge in [0.05, 0.1) is 16.7 Å². The Bertz CT molecular complexity index is 1130. The number of alkyl halides is 6. The minimum Gasteiger partial charge on any atom is -0.478 e. The highest BCUT2D eigenvalue weighted by Crippen LogP contribution is 2.38. The van der Waals surface area contributed by atoms with Crippen LogP contribution in [0.25, 0.3) is 23.2 Å². The van der Waals surface area contributed by atoms with Gasteiger partial charge in [0.25, 0.3) is 0 Å². The second kappa shape index (κ2) is 7.98. The van der Waals surface area contributed by atoms with E-state index < -0.39 is 51.7 Å². The van der Waals surface area contributed by atoms with Gasteiger partial charge in [0.15, 0.2) is 5.82 Å². The third kappa shape index (κ3) is 4.99. The molecule has 0 saturated heterocycles. The van der Waals surface area contributed by atoms with Crippen LogP contribution in [0.2, 0.25) is 5.28 Å². The molecule has 162 valence electrons. The first-order valence-electron chi connectivity index (χ1n) is 7.98. The molecule has 0 radical (unpaired) electrons. The van der Waals surface area contributed by atoms with Gasteiger partial charge in [0, 0.05) is 29.7 Å². The van der Waals surface area contributed by atoms with Crippen molar-refractivity contribution in [2.24, 2.45) is 0 Å². The van der Waals surface area contributed by atoms with Gasteiger partial charge in [-0.1, -0.05) is 0 Å². The summed E-state index contributed by atoms with van der Waals surface area (Å²) in [5.74, 6) is -2.02. The predicted octanol–water partition coefficient (Wildman–Crippen LogP) is 4.51. The van der Waals surface area contributed by atoms with Gasteiger partial charge in [-0.2, -0.15) is 31.3 Å². The van der Waals surface area contributed by atoms with Gasteiger partial charge < -0.3 is 5.11 Å². The molecule has 3 rings (SSSR count). The number of nitrogens with zero attached hydrogens (tertiary/aromatic N) is 5. The number of rotatable bonds is 4. The molecule has 2 aromatic heterocycles. The zero-order valence-electron chi connectivity index (χ0n) is 14.8. The van der Waals surface area contributed by atoms with Gasteiger partial charge in [0.2, 0.25) is 5.28 Å². The average Bonchev–Trinajstić information content (AvgIpc) is 3.05. The smallest absolute Gasteiger partial charge is 0.416 e. The number of hydrogen-bond acceptors (Lipinski definition) is 5. The molecule has 0 aliphatic rings. The fourth-order valence-electron chi connectivity index (χ4n) is 2.41. The number of carboxylic acids is 1. The maximum atomic E-state index is 13.1. The largest absolute Gasteiger partial charge is 0.478 e. The molecule has 1 aromatic carbocycles. The quantitative estimate of drug-likeness (QED) is 0.452. The third-order valence-corrected chi connectivity index (χ3v) is 4.05. The first-order valence-corrected chi connectivity index (χ1v) is 8.36. The van der Waals surface area contributed by atoms with E-state index in [-0.39, 0.29) is 11.6 Å². The Morgan fingerprint density at radius 1 is 1.00 bits per heavy atom. The van der Waals surface area contributed by atoms with Crippen LogP contribution in [0.15, 0.2) is 36.9 Å². The monoisotopic (exact) mass is 463 g/mol. The molecule has 0 fully saturated rings. The molecule has 0 saturated carbocycles. The zero-order valence-corrected chi connectivity index (χ0v) is 15.5. The normalized spacial score (nSPS) is 12.8.